The van der Waals surface area contributed by atoms with Crippen molar-refractivity contribution in [3.8, 4) is 11.5 Å². The van der Waals surface area contributed by atoms with E-state index in [0.717, 1.165) is 22.4 Å². The zero-order valence-electron chi connectivity index (χ0n) is 20.2. The van der Waals surface area contributed by atoms with Crippen LogP contribution in [0.4, 0.5) is 5.69 Å². The molecule has 0 heterocycles. The van der Waals surface area contributed by atoms with Crippen molar-refractivity contribution < 1.29 is 19.1 Å². The van der Waals surface area contributed by atoms with Gasteiger partial charge in [-0.05, 0) is 66.9 Å². The summed E-state index contributed by atoms with van der Waals surface area (Å²) < 4.78 is 11.2. The van der Waals surface area contributed by atoms with Crippen LogP contribution in [0.15, 0.2) is 59.7 Å². The van der Waals surface area contributed by atoms with Gasteiger partial charge in [-0.3, -0.25) is 9.59 Å². The van der Waals surface area contributed by atoms with Crippen molar-refractivity contribution in [1.29, 1.82) is 0 Å². The number of carbonyl (C=O) groups is 2. The first-order valence-electron chi connectivity index (χ1n) is 11.2. The Bertz CT molecular complexity index is 1280. The Balaban J connectivity index is 1.49. The number of amides is 2. The molecule has 0 fully saturated rings. The molecule has 9 heteroatoms. The zero-order valence-corrected chi connectivity index (χ0v) is 21.7. The average Bonchev–Trinajstić information content (AvgIpc) is 2.85. The number of carbonyl (C=O) groups excluding carboxylic acids is 2. The molecular weight excluding hydrogens is 501 g/mol. The molecule has 0 radical (unpaired) electrons. The molecule has 0 aliphatic heterocycles. The number of hydrazone groups is 1. The van der Waals surface area contributed by atoms with Gasteiger partial charge in [0.1, 0.15) is 6.61 Å². The van der Waals surface area contributed by atoms with Crippen LogP contribution in [-0.2, 0) is 16.2 Å². The van der Waals surface area contributed by atoms with Gasteiger partial charge in [0.2, 0.25) is 11.8 Å². The maximum Gasteiger partial charge on any atom is 0.240 e. The lowest BCUT2D eigenvalue weighted by Gasteiger charge is -2.12. The van der Waals surface area contributed by atoms with Crippen LogP contribution in [0, 0.1) is 13.8 Å². The van der Waals surface area contributed by atoms with Gasteiger partial charge >= 0.3 is 0 Å². The second-order valence-electron chi connectivity index (χ2n) is 8.09. The number of rotatable bonds is 10. The molecule has 0 bridgehead atoms. The van der Waals surface area contributed by atoms with Gasteiger partial charge in [-0.25, -0.2) is 5.43 Å². The molecule has 0 saturated heterocycles. The van der Waals surface area contributed by atoms with Crippen molar-refractivity contribution in [2.75, 3.05) is 12.4 Å². The summed E-state index contributed by atoms with van der Waals surface area (Å²) in [6.45, 7) is 4.11. The molecule has 3 aromatic carbocycles. The van der Waals surface area contributed by atoms with E-state index in [2.05, 4.69) is 15.8 Å². The van der Waals surface area contributed by atoms with E-state index in [1.807, 2.05) is 32.0 Å². The van der Waals surface area contributed by atoms with Gasteiger partial charge in [0.25, 0.3) is 0 Å². The molecular formula is C27H27Cl2N3O4. The first-order valence-corrected chi connectivity index (χ1v) is 11.9. The van der Waals surface area contributed by atoms with Crippen molar-refractivity contribution >= 4 is 46.9 Å². The van der Waals surface area contributed by atoms with Crippen LogP contribution in [0.1, 0.15) is 35.1 Å². The lowest BCUT2D eigenvalue weighted by molar-refractivity contribution is -0.124. The van der Waals surface area contributed by atoms with E-state index in [0.29, 0.717) is 27.1 Å². The number of nitrogens with zero attached hydrogens (tertiary/aromatic N) is 1. The monoisotopic (exact) mass is 527 g/mol. The van der Waals surface area contributed by atoms with E-state index in [1.165, 1.54) is 13.3 Å². The Kier molecular flexibility index (Phi) is 9.73. The van der Waals surface area contributed by atoms with E-state index in [-0.39, 0.29) is 31.3 Å². The molecule has 0 atom stereocenters. The highest BCUT2D eigenvalue weighted by Crippen LogP contribution is 2.30. The number of hydrogen-bond donors (Lipinski definition) is 2. The van der Waals surface area contributed by atoms with Gasteiger partial charge in [0, 0.05) is 34.1 Å². The molecule has 188 valence electrons. The molecule has 0 saturated carbocycles. The number of anilines is 1. The van der Waals surface area contributed by atoms with Crippen LogP contribution in [0.25, 0.3) is 0 Å². The van der Waals surface area contributed by atoms with Crippen LogP contribution < -0.4 is 20.2 Å². The minimum absolute atomic E-state index is 0.0113. The molecule has 0 unspecified atom stereocenters. The Morgan fingerprint density at radius 3 is 2.47 bits per heavy atom. The molecule has 0 aliphatic carbocycles. The number of hydrogen-bond acceptors (Lipinski definition) is 5. The van der Waals surface area contributed by atoms with E-state index >= 15 is 0 Å². The van der Waals surface area contributed by atoms with Gasteiger partial charge in [-0.1, -0.05) is 41.4 Å². The molecule has 2 N–H and O–H groups in total. The van der Waals surface area contributed by atoms with Crippen LogP contribution in [0.5, 0.6) is 11.5 Å². The predicted molar refractivity (Wildman–Crippen MR) is 143 cm³/mol. The van der Waals surface area contributed by atoms with Gasteiger partial charge in [-0.15, -0.1) is 0 Å². The van der Waals surface area contributed by atoms with Gasteiger partial charge in [-0.2, -0.15) is 5.10 Å². The summed E-state index contributed by atoms with van der Waals surface area (Å²) >= 11 is 12.1. The van der Waals surface area contributed by atoms with Crippen LogP contribution in [0.2, 0.25) is 10.0 Å². The third-order valence-corrected chi connectivity index (χ3v) is 5.82. The number of nitrogens with one attached hydrogen (secondary N) is 2. The number of benzene rings is 3. The van der Waals surface area contributed by atoms with Crippen molar-refractivity contribution in [2.45, 2.75) is 33.3 Å². The molecule has 3 aromatic rings. The van der Waals surface area contributed by atoms with Gasteiger partial charge < -0.3 is 14.8 Å². The highest BCUT2D eigenvalue weighted by atomic mass is 35.5. The summed E-state index contributed by atoms with van der Waals surface area (Å²) in [4.78, 5) is 24.3. The lowest BCUT2D eigenvalue weighted by atomic mass is 10.1. The smallest absolute Gasteiger partial charge is 0.240 e. The standard InChI is InChI=1S/C27H27Cl2N3O4/c1-17-4-5-18(2)23(12-17)31-26(33)10-11-27(34)32-30-15-19-6-9-24(25(13-19)35-3)36-16-20-7-8-21(28)14-22(20)29/h4-9,12-15H,10-11,16H2,1-3H3,(H,31,33)(H,32,34). The molecule has 36 heavy (non-hydrogen) atoms. The largest absolute Gasteiger partial charge is 0.493 e. The molecule has 2 amide bonds. The van der Waals surface area contributed by atoms with Crippen molar-refractivity contribution in [2.24, 2.45) is 5.10 Å². The van der Waals surface area contributed by atoms with Crippen LogP contribution in [-0.4, -0.2) is 25.1 Å². The maximum atomic E-state index is 12.2. The number of halogens is 2. The van der Waals surface area contributed by atoms with E-state index in [4.69, 9.17) is 32.7 Å². The summed E-state index contributed by atoms with van der Waals surface area (Å²) in [6.07, 6.45) is 1.54. The number of aryl methyl sites for hydroxylation is 2. The molecule has 0 spiro atoms. The number of methoxy groups -OCH3 is 1. The fraction of sp³-hybridized carbons (Fsp3) is 0.222. The quantitative estimate of drug-likeness (QED) is 0.247. The third-order valence-electron chi connectivity index (χ3n) is 5.24. The van der Waals surface area contributed by atoms with E-state index in [9.17, 15) is 9.59 Å². The molecule has 3 rings (SSSR count). The second-order valence-corrected chi connectivity index (χ2v) is 8.94. The number of ether oxygens (including phenoxy) is 2. The molecule has 0 aliphatic rings. The minimum atomic E-state index is -0.367. The van der Waals surface area contributed by atoms with E-state index < -0.39 is 0 Å². The zero-order chi connectivity index (χ0) is 26.1. The topological polar surface area (TPSA) is 89.0 Å². The average molecular weight is 528 g/mol. The summed E-state index contributed by atoms with van der Waals surface area (Å²) in [6, 6.07) is 16.3. The van der Waals surface area contributed by atoms with E-state index in [1.54, 1.807) is 36.4 Å². The Labute approximate surface area is 220 Å². The van der Waals surface area contributed by atoms with Gasteiger partial charge in [0.05, 0.1) is 13.3 Å². The predicted octanol–water partition coefficient (Wildman–Crippen LogP) is 6.07. The highest BCUT2D eigenvalue weighted by molar-refractivity contribution is 6.35. The van der Waals surface area contributed by atoms with Crippen molar-refractivity contribution in [1.82, 2.24) is 5.43 Å². The maximum absolute atomic E-state index is 12.2. The van der Waals surface area contributed by atoms with Crippen LogP contribution in [0.3, 0.4) is 0 Å². The van der Waals surface area contributed by atoms with Gasteiger partial charge in [0.15, 0.2) is 11.5 Å². The third kappa shape index (κ3) is 8.00. The summed E-state index contributed by atoms with van der Waals surface area (Å²) in [5.41, 5.74) is 6.67. The fourth-order valence-electron chi connectivity index (χ4n) is 3.22. The molecule has 0 aromatic heterocycles. The minimum Gasteiger partial charge on any atom is -0.493 e. The second kappa shape index (κ2) is 13.0. The fourth-order valence-corrected chi connectivity index (χ4v) is 3.69. The SMILES string of the molecule is COc1cc(C=NNC(=O)CCC(=O)Nc2cc(C)ccc2C)ccc1OCc1ccc(Cl)cc1Cl. The Morgan fingerprint density at radius 2 is 1.72 bits per heavy atom. The van der Waals surface area contributed by atoms with Crippen molar-refractivity contribution in [3.63, 3.8) is 0 Å². The summed E-state index contributed by atoms with van der Waals surface area (Å²) in [5.74, 6) is 0.426. The summed E-state index contributed by atoms with van der Waals surface area (Å²) in [5, 5.41) is 7.87. The van der Waals surface area contributed by atoms with Crippen LogP contribution >= 0.6 is 23.2 Å². The van der Waals surface area contributed by atoms with Crippen molar-refractivity contribution in [3.05, 3.63) is 86.9 Å². The first-order chi connectivity index (χ1) is 17.2. The normalized spacial score (nSPS) is 10.8. The lowest BCUT2D eigenvalue weighted by Crippen LogP contribution is -2.21. The first kappa shape index (κ1) is 27.0. The Hall–Kier alpha value is -3.55. The molecule has 7 nitrogen and oxygen atoms in total. The Morgan fingerprint density at radius 1 is 0.944 bits per heavy atom. The highest BCUT2D eigenvalue weighted by Gasteiger charge is 2.10. The summed E-state index contributed by atoms with van der Waals surface area (Å²) in [7, 11) is 1.53.